The lowest BCUT2D eigenvalue weighted by atomic mass is 9.77. The molecule has 0 spiro atoms. The number of allylic oxidation sites excluding steroid dienone is 12. The molecule has 1 heterocycles. The lowest BCUT2D eigenvalue weighted by Crippen LogP contribution is -2.18. The summed E-state index contributed by atoms with van der Waals surface area (Å²) in [4.78, 5) is 5.45. The zero-order chi connectivity index (χ0) is 43.6. The molecule has 3 N–H and O–H groups in total. The van der Waals surface area contributed by atoms with Gasteiger partial charge in [0.05, 0.1) is 0 Å². The van der Waals surface area contributed by atoms with E-state index in [1.807, 2.05) is 38.2 Å². The lowest BCUT2D eigenvalue weighted by Gasteiger charge is -2.27. The summed E-state index contributed by atoms with van der Waals surface area (Å²) in [5, 5.41) is 4.18. The van der Waals surface area contributed by atoms with Gasteiger partial charge in [0.1, 0.15) is 0 Å². The van der Waals surface area contributed by atoms with Gasteiger partial charge in [-0.05, 0) is 112 Å². The van der Waals surface area contributed by atoms with Crippen molar-refractivity contribution >= 4 is 23.9 Å². The smallest absolute Gasteiger partial charge is 0.0411 e. The number of nitrogens with one attached hydrogen (secondary N) is 1. The number of nitrogens with zero attached hydrogens (tertiary/aromatic N) is 1. The van der Waals surface area contributed by atoms with E-state index in [4.69, 9.17) is 5.73 Å². The molecule has 59 heavy (non-hydrogen) atoms. The lowest BCUT2D eigenvalue weighted by molar-refractivity contribution is 0.534. The molecule has 1 aromatic heterocycles. The van der Waals surface area contributed by atoms with Crippen LogP contribution in [0.15, 0.2) is 177 Å². The molecule has 3 heteroatoms. The van der Waals surface area contributed by atoms with Gasteiger partial charge in [-0.25, -0.2) is 0 Å². The molecule has 0 atom stereocenters. The number of nitrogens with two attached hydrogens (primary N) is 1. The van der Waals surface area contributed by atoms with Gasteiger partial charge < -0.3 is 15.6 Å². The van der Waals surface area contributed by atoms with E-state index in [-0.39, 0.29) is 5.41 Å². The number of hydrogen-bond donors (Lipinski definition) is 2. The normalized spacial score (nSPS) is 12.6. The third-order valence-corrected chi connectivity index (χ3v) is 9.89. The second-order valence-corrected chi connectivity index (χ2v) is 15.4. The summed E-state index contributed by atoms with van der Waals surface area (Å²) < 4.78 is 0. The van der Waals surface area contributed by atoms with Crippen molar-refractivity contribution in [2.45, 2.75) is 105 Å². The highest BCUT2D eigenvalue weighted by Gasteiger charge is 2.23. The van der Waals surface area contributed by atoms with E-state index in [1.165, 1.54) is 52.6 Å². The maximum Gasteiger partial charge on any atom is 0.0411 e. The molecule has 0 saturated heterocycles. The minimum Gasteiger partial charge on any atom is -0.405 e. The van der Waals surface area contributed by atoms with Crippen LogP contribution < -0.4 is 16.4 Å². The van der Waals surface area contributed by atoms with Crippen LogP contribution in [0.25, 0.3) is 23.9 Å². The molecule has 312 valence electrons. The van der Waals surface area contributed by atoms with Gasteiger partial charge in [0.2, 0.25) is 0 Å². The van der Waals surface area contributed by atoms with Crippen LogP contribution in [0.3, 0.4) is 0 Å². The van der Waals surface area contributed by atoms with Gasteiger partial charge in [0, 0.05) is 50.4 Å². The quantitative estimate of drug-likeness (QED) is 0.0987. The van der Waals surface area contributed by atoms with Crippen molar-refractivity contribution in [3.63, 3.8) is 0 Å². The highest BCUT2D eigenvalue weighted by atomic mass is 15.2. The number of fused-ring (bicyclic) bond motifs is 1. The molecule has 4 aromatic rings. The molecule has 5 rings (SSSR count). The number of benzene rings is 3. The highest BCUT2D eigenvalue weighted by molar-refractivity contribution is 5.84. The van der Waals surface area contributed by atoms with Crippen LogP contribution in [0, 0.1) is 0 Å². The van der Waals surface area contributed by atoms with Crippen molar-refractivity contribution in [2.24, 2.45) is 5.73 Å². The van der Waals surface area contributed by atoms with Crippen molar-refractivity contribution in [3.05, 3.63) is 215 Å². The number of rotatable bonds is 14. The SMILES string of the molecule is C=C(C)N(C(=C)C/C=C\CCc1ccc(C(C)(C)c2ccc(Cc3ccc4c(=C)[nH]c(=C)c4c3)cc2)cc1)C1=CCCCC=C1.C=C/C=C\C=C/N.CC=CC.CCC. The van der Waals surface area contributed by atoms with Crippen LogP contribution in [0.1, 0.15) is 115 Å². The van der Waals surface area contributed by atoms with Crippen molar-refractivity contribution in [2.75, 3.05) is 0 Å². The van der Waals surface area contributed by atoms with E-state index in [9.17, 15) is 0 Å². The van der Waals surface area contributed by atoms with Crippen LogP contribution in [-0.2, 0) is 18.3 Å². The van der Waals surface area contributed by atoms with Crippen LogP contribution in [0.5, 0.6) is 0 Å². The maximum absolute atomic E-state index is 5.00. The third-order valence-electron chi connectivity index (χ3n) is 9.89. The van der Waals surface area contributed by atoms with Crippen molar-refractivity contribution < 1.29 is 0 Å². The van der Waals surface area contributed by atoms with Gasteiger partial charge in [-0.3, -0.25) is 0 Å². The number of aromatic nitrogens is 1. The Labute approximate surface area is 358 Å². The number of aromatic amines is 1. The summed E-state index contributed by atoms with van der Waals surface area (Å²) in [6.45, 7) is 35.2. The molecule has 3 aromatic carbocycles. The molecule has 0 unspecified atom stereocenters. The molecule has 0 amide bonds. The molecular formula is C56H73N3. The van der Waals surface area contributed by atoms with Crippen molar-refractivity contribution in [1.82, 2.24) is 9.88 Å². The summed E-state index contributed by atoms with van der Waals surface area (Å²) >= 11 is 0. The Morgan fingerprint density at radius 3 is 1.97 bits per heavy atom. The van der Waals surface area contributed by atoms with Gasteiger partial charge in [-0.15, -0.1) is 0 Å². The predicted molar refractivity (Wildman–Crippen MR) is 264 cm³/mol. The molecule has 1 aliphatic carbocycles. The fourth-order valence-electron chi connectivity index (χ4n) is 6.54. The Balaban J connectivity index is 0.000000741. The fourth-order valence-corrected chi connectivity index (χ4v) is 6.54. The Bertz CT molecular complexity index is 2170. The summed E-state index contributed by atoms with van der Waals surface area (Å²) in [5.74, 6) is 0. The second-order valence-electron chi connectivity index (χ2n) is 15.4. The average Bonchev–Trinajstić information content (AvgIpc) is 3.35. The molecule has 0 aliphatic heterocycles. The first-order valence-corrected chi connectivity index (χ1v) is 21.2. The molecule has 0 bridgehead atoms. The second kappa shape index (κ2) is 27.0. The van der Waals surface area contributed by atoms with Gasteiger partial charge in [0.15, 0.2) is 0 Å². The zero-order valence-electron chi connectivity index (χ0n) is 37.5. The summed E-state index contributed by atoms with van der Waals surface area (Å²) in [6.07, 6.45) is 32.3. The van der Waals surface area contributed by atoms with Crippen LogP contribution in [0.2, 0.25) is 0 Å². The number of H-pyrrole nitrogens is 1. The molecule has 3 nitrogen and oxygen atoms in total. The summed E-state index contributed by atoms with van der Waals surface area (Å²) in [7, 11) is 0. The first-order valence-electron chi connectivity index (χ1n) is 21.2. The van der Waals surface area contributed by atoms with E-state index in [0.29, 0.717) is 0 Å². The molecule has 0 radical (unpaired) electrons. The molecule has 1 aliphatic rings. The third kappa shape index (κ3) is 16.5. The first-order chi connectivity index (χ1) is 28.4. The van der Waals surface area contributed by atoms with E-state index in [2.05, 4.69) is 175 Å². The Hall–Kier alpha value is -5.80. The Morgan fingerprint density at radius 2 is 1.39 bits per heavy atom. The van der Waals surface area contributed by atoms with Gasteiger partial charge in [-0.2, -0.15) is 0 Å². The monoisotopic (exact) mass is 788 g/mol. The Morgan fingerprint density at radius 1 is 0.797 bits per heavy atom. The topological polar surface area (TPSA) is 45.0 Å². The number of aryl methyl sites for hydroxylation is 1. The van der Waals surface area contributed by atoms with Crippen LogP contribution >= 0.6 is 0 Å². The molecular weight excluding hydrogens is 715 g/mol. The maximum atomic E-state index is 5.00. The largest absolute Gasteiger partial charge is 0.405 e. The van der Waals surface area contributed by atoms with E-state index < -0.39 is 0 Å². The fraction of sp³-hybridized carbons (Fsp3) is 0.286. The molecule has 0 fully saturated rings. The van der Waals surface area contributed by atoms with E-state index in [0.717, 1.165) is 71.4 Å². The minimum atomic E-state index is -0.0776. The highest BCUT2D eigenvalue weighted by Crippen LogP contribution is 2.32. The van der Waals surface area contributed by atoms with Crippen LogP contribution in [-0.4, -0.2) is 9.88 Å². The zero-order valence-corrected chi connectivity index (χ0v) is 37.5. The molecule has 0 saturated carbocycles. The minimum absolute atomic E-state index is 0.0776. The van der Waals surface area contributed by atoms with Gasteiger partial charge in [0.25, 0.3) is 0 Å². The standard InChI is InChI=1S/C43H48N2.C6H9N.C4H8.C3H8/c1-31(2)45(40-17-13-8-9-14-18-40)32(3)15-11-10-12-16-35-19-24-38(25-20-35)43(6,7)39-26-21-36(22-27-39)29-37-23-28-41-33(4)44-34(5)42(41)30-37;1-2-3-4-5-6-7;1-3-4-2;1-3-2/h10-11,13,17-28,30,44H,1,3-5,8-9,12,14-16,29H2,2,6-7H3;2-6H,1,7H2;3-4H,1-2H3;3H2,1-2H3/b11-10-;4-3-,6-5-;;. The Kier molecular flexibility index (Phi) is 22.6. The summed E-state index contributed by atoms with van der Waals surface area (Å²) in [6, 6.07) is 24.9. The summed E-state index contributed by atoms with van der Waals surface area (Å²) in [5.41, 5.74) is 14.8. The van der Waals surface area contributed by atoms with Gasteiger partial charge in [-0.1, -0.05) is 182 Å². The van der Waals surface area contributed by atoms with Gasteiger partial charge >= 0.3 is 0 Å². The van der Waals surface area contributed by atoms with Crippen LogP contribution in [0.4, 0.5) is 0 Å². The van der Waals surface area contributed by atoms with Crippen molar-refractivity contribution in [3.8, 4) is 0 Å². The van der Waals surface area contributed by atoms with E-state index in [1.54, 1.807) is 12.2 Å². The van der Waals surface area contributed by atoms with Crippen molar-refractivity contribution in [1.29, 1.82) is 0 Å². The average molecular weight is 788 g/mol. The predicted octanol–water partition coefficient (Wildman–Crippen LogP) is 14.0. The number of hydrogen-bond acceptors (Lipinski definition) is 2. The first kappa shape index (κ1) is 49.3. The van der Waals surface area contributed by atoms with E-state index >= 15 is 0 Å².